The zero-order valence-corrected chi connectivity index (χ0v) is 17.9. The fraction of sp³-hybridized carbons (Fsp3) is 0.240. The number of piperazine rings is 1. The second-order valence-corrected chi connectivity index (χ2v) is 8.04. The van der Waals surface area contributed by atoms with Crippen molar-refractivity contribution in [2.45, 2.75) is 6.67 Å². The molecule has 162 valence electrons. The monoisotopic (exact) mass is 426 g/mol. The molecule has 1 fully saturated rings. The summed E-state index contributed by atoms with van der Waals surface area (Å²) in [5.41, 5.74) is 2.45. The van der Waals surface area contributed by atoms with Crippen molar-refractivity contribution in [1.82, 2.24) is 29.4 Å². The summed E-state index contributed by atoms with van der Waals surface area (Å²) in [4.78, 5) is 17.7. The van der Waals surface area contributed by atoms with Crippen LogP contribution in [-0.4, -0.2) is 62.1 Å². The van der Waals surface area contributed by atoms with Crippen LogP contribution in [-0.2, 0) is 6.67 Å². The Kier molecular flexibility index (Phi) is 5.91. The Morgan fingerprint density at radius 3 is 2.31 bits per heavy atom. The molecule has 0 radical (unpaired) electrons. The van der Waals surface area contributed by atoms with Gasteiger partial charge >= 0.3 is 0 Å². The highest BCUT2D eigenvalue weighted by molar-refractivity contribution is 5.76. The van der Waals surface area contributed by atoms with Gasteiger partial charge in [-0.2, -0.15) is 10.2 Å². The third-order valence-electron chi connectivity index (χ3n) is 5.81. The van der Waals surface area contributed by atoms with Gasteiger partial charge in [0.1, 0.15) is 0 Å². The smallest absolute Gasteiger partial charge is 0.296 e. The van der Waals surface area contributed by atoms with Crippen molar-refractivity contribution in [3.8, 4) is 5.69 Å². The summed E-state index contributed by atoms with van der Waals surface area (Å²) in [6.07, 6.45) is 7.96. The summed E-state index contributed by atoms with van der Waals surface area (Å²) < 4.78 is 3.26. The van der Waals surface area contributed by atoms with Crippen molar-refractivity contribution in [3.63, 3.8) is 0 Å². The van der Waals surface area contributed by atoms with Crippen LogP contribution in [0.25, 0.3) is 22.7 Å². The van der Waals surface area contributed by atoms with Gasteiger partial charge in [0, 0.05) is 44.3 Å². The average Bonchev–Trinajstić information content (AvgIpc) is 3.29. The molecule has 2 aromatic carbocycles. The number of rotatable bonds is 6. The molecule has 32 heavy (non-hydrogen) atoms. The summed E-state index contributed by atoms with van der Waals surface area (Å²) in [5, 5.41) is 9.66. The van der Waals surface area contributed by atoms with E-state index in [1.165, 1.54) is 10.2 Å². The van der Waals surface area contributed by atoms with Crippen molar-refractivity contribution < 1.29 is 0 Å². The van der Waals surface area contributed by atoms with E-state index in [-0.39, 0.29) is 5.56 Å². The number of benzene rings is 2. The summed E-state index contributed by atoms with van der Waals surface area (Å²) in [7, 11) is 0. The highest BCUT2D eigenvalue weighted by Crippen LogP contribution is 2.12. The Hall–Kier alpha value is -3.55. The van der Waals surface area contributed by atoms with Crippen LogP contribution in [0.5, 0.6) is 0 Å². The SMILES string of the molecule is O=c1c2nn(-c3ccccc3)cc2cnn1CN1CCN(C/C=C/c2ccccc2)CC1. The van der Waals surface area contributed by atoms with E-state index in [4.69, 9.17) is 0 Å². The van der Waals surface area contributed by atoms with Crippen LogP contribution in [0.2, 0.25) is 0 Å². The van der Waals surface area contributed by atoms with Crippen LogP contribution in [0.15, 0.2) is 83.9 Å². The lowest BCUT2D eigenvalue weighted by Crippen LogP contribution is -2.47. The molecule has 0 amide bonds. The lowest BCUT2D eigenvalue weighted by atomic mass is 10.2. The van der Waals surface area contributed by atoms with Gasteiger partial charge < -0.3 is 0 Å². The molecule has 7 nitrogen and oxygen atoms in total. The fourth-order valence-electron chi connectivity index (χ4n) is 3.97. The average molecular weight is 427 g/mol. The van der Waals surface area contributed by atoms with Gasteiger partial charge in [0.25, 0.3) is 5.56 Å². The first kappa shape index (κ1) is 20.4. The maximum Gasteiger partial charge on any atom is 0.296 e. The van der Waals surface area contributed by atoms with Crippen LogP contribution in [0.4, 0.5) is 0 Å². The van der Waals surface area contributed by atoms with Crippen molar-refractivity contribution in [1.29, 1.82) is 0 Å². The Labute approximate surface area is 186 Å². The number of hydrogen-bond acceptors (Lipinski definition) is 5. The molecule has 0 saturated carbocycles. The predicted octanol–water partition coefficient (Wildman–Crippen LogP) is 2.87. The summed E-state index contributed by atoms with van der Waals surface area (Å²) in [6, 6.07) is 20.2. The normalized spacial score (nSPS) is 15.6. The number of hydrogen-bond donors (Lipinski definition) is 0. The highest BCUT2D eigenvalue weighted by atomic mass is 16.1. The highest BCUT2D eigenvalue weighted by Gasteiger charge is 2.18. The first-order valence-electron chi connectivity index (χ1n) is 10.9. The van der Waals surface area contributed by atoms with Crippen molar-refractivity contribution in [2.24, 2.45) is 0 Å². The van der Waals surface area contributed by atoms with Gasteiger partial charge in [-0.15, -0.1) is 0 Å². The van der Waals surface area contributed by atoms with E-state index < -0.39 is 0 Å². The second-order valence-electron chi connectivity index (χ2n) is 8.04. The first-order valence-corrected chi connectivity index (χ1v) is 10.9. The minimum Gasteiger partial charge on any atom is -0.297 e. The Balaban J connectivity index is 1.20. The number of nitrogens with zero attached hydrogens (tertiary/aromatic N) is 6. The van der Waals surface area contributed by atoms with Crippen LogP contribution >= 0.6 is 0 Å². The maximum absolute atomic E-state index is 13.0. The second kappa shape index (κ2) is 9.30. The minimum atomic E-state index is -0.148. The van der Waals surface area contributed by atoms with E-state index in [9.17, 15) is 4.79 Å². The fourth-order valence-corrected chi connectivity index (χ4v) is 3.97. The Morgan fingerprint density at radius 2 is 1.56 bits per heavy atom. The molecule has 0 bridgehead atoms. The van der Waals surface area contributed by atoms with Crippen molar-refractivity contribution in [2.75, 3.05) is 32.7 Å². The summed E-state index contributed by atoms with van der Waals surface area (Å²) >= 11 is 0. The molecule has 2 aromatic heterocycles. The lowest BCUT2D eigenvalue weighted by Gasteiger charge is -2.33. The van der Waals surface area contributed by atoms with E-state index in [1.807, 2.05) is 42.6 Å². The largest absolute Gasteiger partial charge is 0.297 e. The van der Waals surface area contributed by atoms with Gasteiger partial charge in [-0.3, -0.25) is 14.6 Å². The Morgan fingerprint density at radius 1 is 0.875 bits per heavy atom. The molecule has 1 aliphatic rings. The molecule has 0 spiro atoms. The quantitative estimate of drug-likeness (QED) is 0.475. The molecule has 3 heterocycles. The molecule has 0 atom stereocenters. The third kappa shape index (κ3) is 4.54. The Bertz CT molecular complexity index is 1250. The number of para-hydroxylation sites is 1. The van der Waals surface area contributed by atoms with Crippen LogP contribution in [0.3, 0.4) is 0 Å². The van der Waals surface area contributed by atoms with Crippen molar-refractivity contribution in [3.05, 3.63) is 95.1 Å². The molecule has 0 aliphatic carbocycles. The van der Waals surface area contributed by atoms with Gasteiger partial charge in [-0.1, -0.05) is 60.7 Å². The van der Waals surface area contributed by atoms with Crippen LogP contribution in [0, 0.1) is 0 Å². The van der Waals surface area contributed by atoms with Gasteiger partial charge in [0.15, 0.2) is 5.52 Å². The van der Waals surface area contributed by atoms with E-state index >= 15 is 0 Å². The standard InChI is InChI=1S/C25H26N6O/c32-25-24-22(19-30(27-24)23-11-5-2-6-12-23)18-26-31(25)20-29-16-14-28(15-17-29)13-7-10-21-8-3-1-4-9-21/h1-12,18-19H,13-17,20H2/b10-7+. The summed E-state index contributed by atoms with van der Waals surface area (Å²) in [6.45, 7) is 5.18. The number of fused-ring (bicyclic) bond motifs is 1. The first-order chi connectivity index (χ1) is 15.8. The van der Waals surface area contributed by atoms with Gasteiger partial charge in [-0.05, 0) is 17.7 Å². The lowest BCUT2D eigenvalue weighted by molar-refractivity contribution is 0.109. The summed E-state index contributed by atoms with van der Waals surface area (Å²) in [5.74, 6) is 0. The zero-order valence-electron chi connectivity index (χ0n) is 17.9. The van der Waals surface area contributed by atoms with E-state index in [0.717, 1.165) is 43.8 Å². The molecular weight excluding hydrogens is 400 g/mol. The molecule has 1 saturated heterocycles. The molecule has 0 N–H and O–H groups in total. The van der Waals surface area contributed by atoms with Crippen LogP contribution < -0.4 is 5.56 Å². The predicted molar refractivity (Wildman–Crippen MR) is 127 cm³/mol. The molecule has 0 unspecified atom stereocenters. The molecular formula is C25H26N6O. The van der Waals surface area contributed by atoms with E-state index in [0.29, 0.717) is 12.2 Å². The van der Waals surface area contributed by atoms with Gasteiger partial charge in [-0.25, -0.2) is 9.36 Å². The molecule has 5 rings (SSSR count). The number of aromatic nitrogens is 4. The third-order valence-corrected chi connectivity index (χ3v) is 5.81. The van der Waals surface area contributed by atoms with Gasteiger partial charge in [0.05, 0.1) is 18.6 Å². The van der Waals surface area contributed by atoms with Gasteiger partial charge in [0.2, 0.25) is 0 Å². The van der Waals surface area contributed by atoms with Crippen molar-refractivity contribution >= 4 is 17.0 Å². The molecule has 7 heteroatoms. The van der Waals surface area contributed by atoms with Crippen LogP contribution in [0.1, 0.15) is 5.56 Å². The molecule has 1 aliphatic heterocycles. The zero-order chi connectivity index (χ0) is 21.8. The van der Waals surface area contributed by atoms with E-state index in [2.05, 4.69) is 56.4 Å². The van der Waals surface area contributed by atoms with E-state index in [1.54, 1.807) is 10.9 Å². The topological polar surface area (TPSA) is 59.2 Å². The molecule has 4 aromatic rings. The minimum absolute atomic E-state index is 0.148. The maximum atomic E-state index is 13.0.